The number of thiophene rings is 1. The average Bonchev–Trinajstić information content (AvgIpc) is 2.80. The first kappa shape index (κ1) is 13.0. The van der Waals surface area contributed by atoms with Gasteiger partial charge in [-0.25, -0.2) is 0 Å². The van der Waals surface area contributed by atoms with Gasteiger partial charge in [-0.3, -0.25) is 4.79 Å². The standard InChI is InChI=1S/C13H19NOS/c1-3-5-10-14(4-2)13(15)9-8-12-7-6-11-16-12/h6-9,11H,3-5,10H2,1-2H3/b9-8+. The van der Waals surface area contributed by atoms with Crippen LogP contribution >= 0.6 is 11.3 Å². The Kier molecular flexibility index (Phi) is 5.86. The summed E-state index contributed by atoms with van der Waals surface area (Å²) in [6, 6.07) is 4.00. The largest absolute Gasteiger partial charge is 0.339 e. The molecule has 0 bridgehead atoms. The summed E-state index contributed by atoms with van der Waals surface area (Å²) in [4.78, 5) is 14.8. The van der Waals surface area contributed by atoms with Gasteiger partial charge in [-0.2, -0.15) is 0 Å². The zero-order valence-corrected chi connectivity index (χ0v) is 10.8. The van der Waals surface area contributed by atoms with Crippen LogP contribution in [0.5, 0.6) is 0 Å². The van der Waals surface area contributed by atoms with Crippen molar-refractivity contribution < 1.29 is 4.79 Å². The smallest absolute Gasteiger partial charge is 0.246 e. The number of likely N-dealkylation sites (N-methyl/N-ethyl adjacent to an activating group) is 1. The molecule has 1 aromatic rings. The van der Waals surface area contributed by atoms with Crippen LogP contribution in [-0.4, -0.2) is 23.9 Å². The Bertz CT molecular complexity index is 330. The summed E-state index contributed by atoms with van der Waals surface area (Å²) in [6.45, 7) is 5.81. The van der Waals surface area contributed by atoms with Crippen LogP contribution in [-0.2, 0) is 4.79 Å². The SMILES string of the molecule is CCCCN(CC)C(=O)/C=C/c1cccs1. The second kappa shape index (κ2) is 7.23. The van der Waals surface area contributed by atoms with Crippen LogP contribution in [0.3, 0.4) is 0 Å². The van der Waals surface area contributed by atoms with Gasteiger partial charge in [0, 0.05) is 24.0 Å². The van der Waals surface area contributed by atoms with Gasteiger partial charge in [-0.05, 0) is 30.9 Å². The molecule has 0 spiro atoms. The summed E-state index contributed by atoms with van der Waals surface area (Å²) in [5.74, 6) is 0.115. The van der Waals surface area contributed by atoms with Crippen molar-refractivity contribution in [2.75, 3.05) is 13.1 Å². The van der Waals surface area contributed by atoms with Crippen molar-refractivity contribution in [2.45, 2.75) is 26.7 Å². The number of hydrogen-bond acceptors (Lipinski definition) is 2. The van der Waals surface area contributed by atoms with Gasteiger partial charge >= 0.3 is 0 Å². The monoisotopic (exact) mass is 237 g/mol. The van der Waals surface area contributed by atoms with Crippen LogP contribution in [0.1, 0.15) is 31.6 Å². The van der Waals surface area contributed by atoms with Gasteiger partial charge in [-0.15, -0.1) is 11.3 Å². The highest BCUT2D eigenvalue weighted by molar-refractivity contribution is 7.10. The van der Waals surface area contributed by atoms with Crippen molar-refractivity contribution in [1.29, 1.82) is 0 Å². The van der Waals surface area contributed by atoms with Gasteiger partial charge < -0.3 is 4.90 Å². The predicted octanol–water partition coefficient (Wildman–Crippen LogP) is 3.41. The lowest BCUT2D eigenvalue weighted by atomic mass is 10.3. The van der Waals surface area contributed by atoms with E-state index in [0.717, 1.165) is 30.8 Å². The van der Waals surface area contributed by atoms with E-state index in [1.807, 2.05) is 35.4 Å². The Labute approximate surface area is 102 Å². The summed E-state index contributed by atoms with van der Waals surface area (Å²) in [5, 5.41) is 2.01. The molecule has 1 rings (SSSR count). The molecule has 1 amide bonds. The third kappa shape index (κ3) is 4.19. The molecule has 0 unspecified atom stereocenters. The van der Waals surface area contributed by atoms with E-state index in [1.165, 1.54) is 0 Å². The molecule has 0 saturated carbocycles. The van der Waals surface area contributed by atoms with Gasteiger partial charge in [0.1, 0.15) is 0 Å². The van der Waals surface area contributed by atoms with E-state index in [4.69, 9.17) is 0 Å². The highest BCUT2D eigenvalue weighted by atomic mass is 32.1. The van der Waals surface area contributed by atoms with E-state index in [2.05, 4.69) is 6.92 Å². The third-order valence-electron chi connectivity index (χ3n) is 2.41. The molecule has 0 atom stereocenters. The molecule has 1 aromatic heterocycles. The van der Waals surface area contributed by atoms with Crippen molar-refractivity contribution in [2.24, 2.45) is 0 Å². The molecule has 0 radical (unpaired) electrons. The van der Waals surface area contributed by atoms with Crippen molar-refractivity contribution >= 4 is 23.3 Å². The Morgan fingerprint density at radius 2 is 2.31 bits per heavy atom. The number of rotatable bonds is 6. The highest BCUT2D eigenvalue weighted by Crippen LogP contribution is 2.10. The minimum absolute atomic E-state index is 0.115. The third-order valence-corrected chi connectivity index (χ3v) is 3.25. The maximum Gasteiger partial charge on any atom is 0.246 e. The molecular formula is C13H19NOS. The number of amides is 1. The Hall–Kier alpha value is -1.09. The highest BCUT2D eigenvalue weighted by Gasteiger charge is 2.06. The van der Waals surface area contributed by atoms with Crippen LogP contribution < -0.4 is 0 Å². The molecule has 3 heteroatoms. The fourth-order valence-corrected chi connectivity index (χ4v) is 2.04. The van der Waals surface area contributed by atoms with Gasteiger partial charge in [0.05, 0.1) is 0 Å². The normalized spacial score (nSPS) is 10.9. The Morgan fingerprint density at radius 1 is 1.50 bits per heavy atom. The minimum Gasteiger partial charge on any atom is -0.339 e. The zero-order valence-electron chi connectivity index (χ0n) is 9.98. The molecule has 0 fully saturated rings. The van der Waals surface area contributed by atoms with Gasteiger partial charge in [0.25, 0.3) is 0 Å². The summed E-state index contributed by atoms with van der Waals surface area (Å²) >= 11 is 1.64. The molecule has 0 N–H and O–H groups in total. The van der Waals surface area contributed by atoms with Crippen molar-refractivity contribution in [1.82, 2.24) is 4.90 Å². The Morgan fingerprint density at radius 3 is 2.88 bits per heavy atom. The molecule has 0 saturated heterocycles. The first-order valence-electron chi connectivity index (χ1n) is 5.78. The van der Waals surface area contributed by atoms with Crippen molar-refractivity contribution in [3.8, 4) is 0 Å². The van der Waals surface area contributed by atoms with E-state index in [9.17, 15) is 4.79 Å². The summed E-state index contributed by atoms with van der Waals surface area (Å²) in [5.41, 5.74) is 0. The second-order valence-corrected chi connectivity index (χ2v) is 4.60. The van der Waals surface area contributed by atoms with Crippen LogP contribution in [0, 0.1) is 0 Å². The molecule has 16 heavy (non-hydrogen) atoms. The molecule has 88 valence electrons. The lowest BCUT2D eigenvalue weighted by Crippen LogP contribution is -2.30. The van der Waals surface area contributed by atoms with E-state index in [0.29, 0.717) is 0 Å². The number of unbranched alkanes of at least 4 members (excludes halogenated alkanes) is 1. The lowest BCUT2D eigenvalue weighted by Gasteiger charge is -2.18. The molecule has 0 aliphatic heterocycles. The van der Waals surface area contributed by atoms with Crippen LogP contribution in [0.2, 0.25) is 0 Å². The number of carbonyl (C=O) groups is 1. The minimum atomic E-state index is 0.115. The predicted molar refractivity (Wildman–Crippen MR) is 70.5 cm³/mol. The summed E-state index contributed by atoms with van der Waals surface area (Å²) < 4.78 is 0. The van der Waals surface area contributed by atoms with E-state index in [-0.39, 0.29) is 5.91 Å². The maximum atomic E-state index is 11.8. The van der Waals surface area contributed by atoms with Crippen molar-refractivity contribution in [3.63, 3.8) is 0 Å². The van der Waals surface area contributed by atoms with Crippen LogP contribution in [0.4, 0.5) is 0 Å². The fraction of sp³-hybridized carbons (Fsp3) is 0.462. The maximum absolute atomic E-state index is 11.8. The molecule has 0 aromatic carbocycles. The fourth-order valence-electron chi connectivity index (χ4n) is 1.42. The second-order valence-electron chi connectivity index (χ2n) is 3.62. The topological polar surface area (TPSA) is 20.3 Å². The van der Waals surface area contributed by atoms with Crippen molar-refractivity contribution in [3.05, 3.63) is 28.5 Å². The number of carbonyl (C=O) groups excluding carboxylic acids is 1. The average molecular weight is 237 g/mol. The number of nitrogens with zero attached hydrogens (tertiary/aromatic N) is 1. The first-order valence-corrected chi connectivity index (χ1v) is 6.66. The molecule has 0 aliphatic rings. The number of hydrogen-bond donors (Lipinski definition) is 0. The first-order chi connectivity index (χ1) is 7.77. The molecule has 2 nitrogen and oxygen atoms in total. The van der Waals surface area contributed by atoms with Crippen LogP contribution in [0.15, 0.2) is 23.6 Å². The van der Waals surface area contributed by atoms with E-state index >= 15 is 0 Å². The Balaban J connectivity index is 2.49. The van der Waals surface area contributed by atoms with Crippen LogP contribution in [0.25, 0.3) is 6.08 Å². The van der Waals surface area contributed by atoms with Gasteiger partial charge in [0.2, 0.25) is 5.91 Å². The summed E-state index contributed by atoms with van der Waals surface area (Å²) in [7, 11) is 0. The molecule has 1 heterocycles. The van der Waals surface area contributed by atoms with Gasteiger partial charge in [-0.1, -0.05) is 19.4 Å². The zero-order chi connectivity index (χ0) is 11.8. The van der Waals surface area contributed by atoms with Gasteiger partial charge in [0.15, 0.2) is 0 Å². The summed E-state index contributed by atoms with van der Waals surface area (Å²) in [6.07, 6.45) is 5.76. The molecular weight excluding hydrogens is 218 g/mol. The molecule has 0 aliphatic carbocycles. The lowest BCUT2D eigenvalue weighted by molar-refractivity contribution is -0.125. The van der Waals surface area contributed by atoms with E-state index in [1.54, 1.807) is 17.4 Å². The van der Waals surface area contributed by atoms with E-state index < -0.39 is 0 Å². The quantitative estimate of drug-likeness (QED) is 0.694.